The number of carboxylic acids is 1. The lowest BCUT2D eigenvalue weighted by Gasteiger charge is -2.30. The average Bonchev–Trinajstić information content (AvgIpc) is 2.82. The Morgan fingerprint density at radius 1 is 1.63 bits per heavy atom. The molecule has 7 heteroatoms. The first-order valence-electron chi connectivity index (χ1n) is 5.80. The third-order valence-electron chi connectivity index (χ3n) is 2.69. The van der Waals surface area contributed by atoms with Gasteiger partial charge in [0.05, 0.1) is 23.9 Å². The summed E-state index contributed by atoms with van der Waals surface area (Å²) in [5.41, 5.74) is 0.735. The van der Waals surface area contributed by atoms with Crippen LogP contribution in [-0.2, 0) is 14.3 Å². The van der Waals surface area contributed by atoms with E-state index < -0.39 is 12.1 Å². The molecule has 1 atom stereocenters. The largest absolute Gasteiger partial charge is 0.479 e. The molecule has 2 rings (SSSR count). The summed E-state index contributed by atoms with van der Waals surface area (Å²) in [4.78, 5) is 28.4. The molecule has 1 saturated heterocycles. The first-order chi connectivity index (χ1) is 9.06. The summed E-state index contributed by atoms with van der Waals surface area (Å²) in [6.45, 7) is 2.62. The lowest BCUT2D eigenvalue weighted by atomic mass is 10.2. The van der Waals surface area contributed by atoms with Crippen molar-refractivity contribution in [2.45, 2.75) is 13.0 Å². The summed E-state index contributed by atoms with van der Waals surface area (Å²) < 4.78 is 5.06. The Kier molecular flexibility index (Phi) is 4.28. The second kappa shape index (κ2) is 5.94. The molecule has 2 heterocycles. The molecule has 0 radical (unpaired) electrons. The van der Waals surface area contributed by atoms with Gasteiger partial charge < -0.3 is 14.7 Å². The molecule has 0 aromatic carbocycles. The predicted molar refractivity (Wildman–Crippen MR) is 69.8 cm³/mol. The summed E-state index contributed by atoms with van der Waals surface area (Å²) in [7, 11) is 0. The summed E-state index contributed by atoms with van der Waals surface area (Å²) in [5.74, 6) is -1.27. The first-order valence-corrected chi connectivity index (χ1v) is 6.68. The molecular formula is C12H14N2O4S. The van der Waals surface area contributed by atoms with Crippen molar-refractivity contribution >= 4 is 29.3 Å². The summed E-state index contributed by atoms with van der Waals surface area (Å²) >= 11 is 1.51. The summed E-state index contributed by atoms with van der Waals surface area (Å²) in [6.07, 6.45) is 2.11. The van der Waals surface area contributed by atoms with Crippen molar-refractivity contribution < 1.29 is 19.4 Å². The molecular weight excluding hydrogens is 268 g/mol. The molecule has 102 valence electrons. The molecule has 0 bridgehead atoms. The van der Waals surface area contributed by atoms with Gasteiger partial charge in [-0.25, -0.2) is 9.78 Å². The molecule has 0 aliphatic carbocycles. The Bertz CT molecular complexity index is 512. The maximum atomic E-state index is 11.9. The van der Waals surface area contributed by atoms with E-state index in [0.717, 1.165) is 10.7 Å². The number of carbonyl (C=O) groups is 2. The fraction of sp³-hybridized carbons (Fsp3) is 0.417. The van der Waals surface area contributed by atoms with Gasteiger partial charge in [-0.2, -0.15) is 0 Å². The fourth-order valence-corrected chi connectivity index (χ4v) is 2.30. The van der Waals surface area contributed by atoms with Crippen molar-refractivity contribution in [1.29, 1.82) is 0 Å². The van der Waals surface area contributed by atoms with Gasteiger partial charge in [-0.3, -0.25) is 4.79 Å². The van der Waals surface area contributed by atoms with E-state index >= 15 is 0 Å². The maximum absolute atomic E-state index is 11.9. The van der Waals surface area contributed by atoms with Gasteiger partial charge in [0.1, 0.15) is 0 Å². The number of ether oxygens (including phenoxy) is 1. The predicted octanol–water partition coefficient (Wildman–Crippen LogP) is 0.777. The van der Waals surface area contributed by atoms with E-state index in [1.807, 2.05) is 12.3 Å². The van der Waals surface area contributed by atoms with Crippen molar-refractivity contribution in [2.24, 2.45) is 0 Å². The molecule has 1 aromatic heterocycles. The zero-order valence-electron chi connectivity index (χ0n) is 10.4. The minimum absolute atomic E-state index is 0.0780. The Hall–Kier alpha value is -1.73. The van der Waals surface area contributed by atoms with Crippen molar-refractivity contribution in [3.8, 4) is 0 Å². The van der Waals surface area contributed by atoms with Crippen molar-refractivity contribution in [3.05, 3.63) is 22.2 Å². The Balaban J connectivity index is 1.96. The SMILES string of the molecule is Cc1nc(/C=C\C(=O)N2CCO[C@@H](C(=O)O)C2)cs1. The van der Waals surface area contributed by atoms with Crippen LogP contribution in [0.15, 0.2) is 11.5 Å². The number of rotatable bonds is 3. The molecule has 1 aromatic rings. The Labute approximate surface area is 114 Å². The normalized spacial score (nSPS) is 19.8. The molecule has 6 nitrogen and oxygen atoms in total. The van der Waals surface area contributed by atoms with Gasteiger partial charge >= 0.3 is 5.97 Å². The fourth-order valence-electron chi connectivity index (χ4n) is 1.72. The van der Waals surface area contributed by atoms with Crippen LogP contribution in [0.5, 0.6) is 0 Å². The number of aryl methyl sites for hydroxylation is 1. The van der Waals surface area contributed by atoms with E-state index in [9.17, 15) is 9.59 Å². The number of aromatic nitrogens is 1. The number of carbonyl (C=O) groups excluding carboxylic acids is 1. The van der Waals surface area contributed by atoms with Gasteiger partial charge in [0.15, 0.2) is 6.10 Å². The van der Waals surface area contributed by atoms with Gasteiger partial charge in [0, 0.05) is 18.0 Å². The number of thiazole rings is 1. The quantitative estimate of drug-likeness (QED) is 0.829. The summed E-state index contributed by atoms with van der Waals surface area (Å²) in [6, 6.07) is 0. The average molecular weight is 282 g/mol. The third kappa shape index (κ3) is 3.62. The topological polar surface area (TPSA) is 79.7 Å². The Morgan fingerprint density at radius 2 is 2.42 bits per heavy atom. The van der Waals surface area contributed by atoms with Crippen molar-refractivity contribution in [2.75, 3.05) is 19.7 Å². The molecule has 1 aliphatic rings. The van der Waals surface area contributed by atoms with Crippen LogP contribution in [0.2, 0.25) is 0 Å². The number of aliphatic carboxylic acids is 1. The monoisotopic (exact) mass is 282 g/mol. The summed E-state index contributed by atoms with van der Waals surface area (Å²) in [5, 5.41) is 11.7. The zero-order valence-corrected chi connectivity index (χ0v) is 11.2. The molecule has 1 N–H and O–H groups in total. The van der Waals surface area contributed by atoms with Crippen LogP contribution < -0.4 is 0 Å². The van der Waals surface area contributed by atoms with Crippen LogP contribution >= 0.6 is 11.3 Å². The standard InChI is InChI=1S/C12H14N2O4S/c1-8-13-9(7-19-8)2-3-11(15)14-4-5-18-10(6-14)12(16)17/h2-3,7,10H,4-6H2,1H3,(H,16,17)/b3-2-/t10-/m1/s1. The number of hydrogen-bond acceptors (Lipinski definition) is 5. The van der Waals surface area contributed by atoms with Crippen LogP contribution in [0.3, 0.4) is 0 Å². The number of hydrogen-bond donors (Lipinski definition) is 1. The minimum atomic E-state index is -1.04. The number of morpholine rings is 1. The van der Waals surface area contributed by atoms with Crippen LogP contribution in [0.4, 0.5) is 0 Å². The number of nitrogens with zero attached hydrogens (tertiary/aromatic N) is 2. The highest BCUT2D eigenvalue weighted by molar-refractivity contribution is 7.09. The molecule has 0 spiro atoms. The van der Waals surface area contributed by atoms with Gasteiger partial charge in [-0.05, 0) is 13.0 Å². The lowest BCUT2D eigenvalue weighted by Crippen LogP contribution is -2.48. The lowest BCUT2D eigenvalue weighted by molar-refractivity contribution is -0.158. The zero-order chi connectivity index (χ0) is 13.8. The number of carboxylic acid groups (broad SMARTS) is 1. The highest BCUT2D eigenvalue weighted by Gasteiger charge is 2.27. The highest BCUT2D eigenvalue weighted by Crippen LogP contribution is 2.10. The van der Waals surface area contributed by atoms with Crippen LogP contribution in [0, 0.1) is 6.92 Å². The minimum Gasteiger partial charge on any atom is -0.479 e. The van der Waals surface area contributed by atoms with Gasteiger partial charge in [-0.1, -0.05) is 0 Å². The Morgan fingerprint density at radius 3 is 3.05 bits per heavy atom. The maximum Gasteiger partial charge on any atom is 0.334 e. The second-order valence-corrected chi connectivity index (χ2v) is 5.17. The van der Waals surface area contributed by atoms with E-state index in [-0.39, 0.29) is 19.1 Å². The molecule has 1 aliphatic heterocycles. The smallest absolute Gasteiger partial charge is 0.334 e. The first kappa shape index (κ1) is 13.7. The van der Waals surface area contributed by atoms with Crippen LogP contribution in [0.1, 0.15) is 10.7 Å². The molecule has 0 saturated carbocycles. The molecule has 0 unspecified atom stereocenters. The van der Waals surface area contributed by atoms with Crippen molar-refractivity contribution in [1.82, 2.24) is 9.88 Å². The van der Waals surface area contributed by atoms with Gasteiger partial charge in [-0.15, -0.1) is 11.3 Å². The van der Waals surface area contributed by atoms with Gasteiger partial charge in [0.25, 0.3) is 0 Å². The van der Waals surface area contributed by atoms with Gasteiger partial charge in [0.2, 0.25) is 5.91 Å². The highest BCUT2D eigenvalue weighted by atomic mass is 32.1. The van der Waals surface area contributed by atoms with E-state index in [0.29, 0.717) is 6.54 Å². The molecule has 19 heavy (non-hydrogen) atoms. The van der Waals surface area contributed by atoms with Crippen molar-refractivity contribution in [3.63, 3.8) is 0 Å². The molecule has 1 fully saturated rings. The van der Waals surface area contributed by atoms with E-state index in [1.54, 1.807) is 6.08 Å². The third-order valence-corrected chi connectivity index (χ3v) is 3.48. The second-order valence-electron chi connectivity index (χ2n) is 4.11. The van der Waals surface area contributed by atoms with Crippen LogP contribution in [0.25, 0.3) is 6.08 Å². The van der Waals surface area contributed by atoms with Crippen LogP contribution in [-0.4, -0.2) is 52.7 Å². The van der Waals surface area contributed by atoms with E-state index in [4.69, 9.17) is 9.84 Å². The van der Waals surface area contributed by atoms with E-state index in [1.165, 1.54) is 22.3 Å². The number of amides is 1. The molecule has 1 amide bonds. The van der Waals surface area contributed by atoms with E-state index in [2.05, 4.69) is 4.98 Å².